The zero-order valence-electron chi connectivity index (χ0n) is 13.9. The van der Waals surface area contributed by atoms with Crippen molar-refractivity contribution in [2.45, 2.75) is 39.0 Å². The summed E-state index contributed by atoms with van der Waals surface area (Å²) in [6, 6.07) is 1.58. The Labute approximate surface area is 137 Å². The van der Waals surface area contributed by atoms with Crippen molar-refractivity contribution in [2.75, 3.05) is 39.3 Å². The summed E-state index contributed by atoms with van der Waals surface area (Å²) < 4.78 is 7.70. The third-order valence-corrected chi connectivity index (χ3v) is 4.92. The molecule has 2 saturated heterocycles. The molecule has 0 amide bonds. The topological polar surface area (TPSA) is 57.9 Å². The number of hydrogen-bond donors (Lipinski definition) is 1. The minimum Gasteiger partial charge on any atom is -0.503 e. The first-order valence-electron chi connectivity index (χ1n) is 8.64. The highest BCUT2D eigenvalue weighted by atomic mass is 16.5. The lowest BCUT2D eigenvalue weighted by atomic mass is 10.2. The predicted octanol–water partition coefficient (Wildman–Crippen LogP) is 0.870. The molecule has 1 unspecified atom stereocenters. The Morgan fingerprint density at radius 3 is 2.65 bits per heavy atom. The van der Waals surface area contributed by atoms with Crippen LogP contribution in [0.25, 0.3) is 0 Å². The standard InChI is InChI=1S/C17H27N3O3/c1-2-18-5-7-19(8-6-18)11-14-10-16(21)17(22)13-20(14)12-15-4-3-9-23-15/h10,13,15,22H,2-9,11-12H2,1H3. The van der Waals surface area contributed by atoms with E-state index in [1.165, 1.54) is 0 Å². The van der Waals surface area contributed by atoms with E-state index in [0.29, 0.717) is 6.54 Å². The van der Waals surface area contributed by atoms with Crippen LogP contribution < -0.4 is 5.43 Å². The van der Waals surface area contributed by atoms with E-state index in [9.17, 15) is 9.90 Å². The van der Waals surface area contributed by atoms with Gasteiger partial charge < -0.3 is 19.3 Å². The van der Waals surface area contributed by atoms with E-state index >= 15 is 0 Å². The molecule has 2 aliphatic heterocycles. The van der Waals surface area contributed by atoms with Crippen molar-refractivity contribution in [3.05, 3.63) is 28.2 Å². The minimum absolute atomic E-state index is 0.178. The third-order valence-electron chi connectivity index (χ3n) is 4.92. The van der Waals surface area contributed by atoms with E-state index in [2.05, 4.69) is 16.7 Å². The molecule has 0 aromatic carbocycles. The van der Waals surface area contributed by atoms with Gasteiger partial charge in [-0.2, -0.15) is 0 Å². The lowest BCUT2D eigenvalue weighted by molar-refractivity contribution is 0.0934. The van der Waals surface area contributed by atoms with Gasteiger partial charge in [0, 0.05) is 57.6 Å². The molecule has 0 bridgehead atoms. The van der Waals surface area contributed by atoms with Crippen LogP contribution in [-0.4, -0.2) is 64.9 Å². The van der Waals surface area contributed by atoms with Gasteiger partial charge in [0.15, 0.2) is 5.75 Å². The first-order chi connectivity index (χ1) is 11.2. The second-order valence-corrected chi connectivity index (χ2v) is 6.51. The third kappa shape index (κ3) is 4.13. The van der Waals surface area contributed by atoms with Crippen LogP contribution in [0.1, 0.15) is 25.5 Å². The van der Waals surface area contributed by atoms with Crippen LogP contribution in [0.3, 0.4) is 0 Å². The smallest absolute Gasteiger partial charge is 0.223 e. The predicted molar refractivity (Wildman–Crippen MR) is 88.7 cm³/mol. The Morgan fingerprint density at radius 1 is 1.26 bits per heavy atom. The molecule has 128 valence electrons. The molecule has 2 aliphatic rings. The molecule has 6 heteroatoms. The summed E-state index contributed by atoms with van der Waals surface area (Å²) in [6.07, 6.45) is 3.89. The first-order valence-corrected chi connectivity index (χ1v) is 8.64. The van der Waals surface area contributed by atoms with Crippen molar-refractivity contribution >= 4 is 0 Å². The van der Waals surface area contributed by atoms with Gasteiger partial charge in [-0.3, -0.25) is 9.69 Å². The number of nitrogens with zero attached hydrogens (tertiary/aromatic N) is 3. The van der Waals surface area contributed by atoms with Gasteiger partial charge in [-0.15, -0.1) is 0 Å². The molecule has 1 atom stereocenters. The van der Waals surface area contributed by atoms with Crippen LogP contribution in [0.15, 0.2) is 17.1 Å². The number of ether oxygens (including phenoxy) is 1. The van der Waals surface area contributed by atoms with Gasteiger partial charge in [0.1, 0.15) is 0 Å². The van der Waals surface area contributed by atoms with Crippen LogP contribution in [0, 0.1) is 0 Å². The van der Waals surface area contributed by atoms with E-state index < -0.39 is 0 Å². The fourth-order valence-corrected chi connectivity index (χ4v) is 3.41. The van der Waals surface area contributed by atoms with Crippen molar-refractivity contribution in [3.63, 3.8) is 0 Å². The molecule has 3 rings (SSSR count). The fraction of sp³-hybridized carbons (Fsp3) is 0.706. The molecule has 0 spiro atoms. The second-order valence-electron chi connectivity index (χ2n) is 6.51. The maximum Gasteiger partial charge on any atom is 0.223 e. The summed E-state index contributed by atoms with van der Waals surface area (Å²) in [5.41, 5.74) is 0.670. The van der Waals surface area contributed by atoms with Gasteiger partial charge in [0.05, 0.1) is 12.3 Å². The molecule has 1 aromatic rings. The Hall–Kier alpha value is -1.37. The highest BCUT2D eigenvalue weighted by molar-refractivity contribution is 5.20. The van der Waals surface area contributed by atoms with Crippen LogP contribution >= 0.6 is 0 Å². The summed E-state index contributed by atoms with van der Waals surface area (Å²) in [4.78, 5) is 16.7. The van der Waals surface area contributed by atoms with Crippen molar-refractivity contribution in [2.24, 2.45) is 0 Å². The van der Waals surface area contributed by atoms with E-state index in [1.807, 2.05) is 4.57 Å². The molecular formula is C17H27N3O3. The maximum absolute atomic E-state index is 11.8. The highest BCUT2D eigenvalue weighted by Crippen LogP contribution is 2.17. The van der Waals surface area contributed by atoms with Gasteiger partial charge in [-0.05, 0) is 19.4 Å². The lowest BCUT2D eigenvalue weighted by Gasteiger charge is -2.34. The number of rotatable bonds is 5. The van der Waals surface area contributed by atoms with Gasteiger partial charge in [-0.25, -0.2) is 0 Å². The largest absolute Gasteiger partial charge is 0.503 e. The minimum atomic E-state index is -0.296. The highest BCUT2D eigenvalue weighted by Gasteiger charge is 2.20. The number of hydrogen-bond acceptors (Lipinski definition) is 5. The van der Waals surface area contributed by atoms with E-state index in [-0.39, 0.29) is 17.3 Å². The zero-order chi connectivity index (χ0) is 16.2. The summed E-state index contributed by atoms with van der Waals surface area (Å²) in [5.74, 6) is -0.178. The van der Waals surface area contributed by atoms with E-state index in [4.69, 9.17) is 4.74 Å². The summed E-state index contributed by atoms with van der Waals surface area (Å²) in [5, 5.41) is 9.78. The average molecular weight is 321 g/mol. The van der Waals surface area contributed by atoms with E-state index in [1.54, 1.807) is 12.3 Å². The number of aromatic hydroxyl groups is 1. The molecule has 2 fully saturated rings. The molecule has 23 heavy (non-hydrogen) atoms. The van der Waals surface area contributed by atoms with Gasteiger partial charge in [-0.1, -0.05) is 6.92 Å². The average Bonchev–Trinajstić information content (AvgIpc) is 3.06. The zero-order valence-corrected chi connectivity index (χ0v) is 13.9. The summed E-state index contributed by atoms with van der Waals surface area (Å²) in [6.45, 7) is 9.73. The Bertz CT molecular complexity index is 573. The van der Waals surface area contributed by atoms with Crippen LogP contribution in [0.2, 0.25) is 0 Å². The Morgan fingerprint density at radius 2 is 2.00 bits per heavy atom. The number of pyridine rings is 1. The Balaban J connectivity index is 1.71. The normalized spacial score (nSPS) is 23.4. The van der Waals surface area contributed by atoms with Crippen LogP contribution in [0.5, 0.6) is 5.75 Å². The molecule has 3 heterocycles. The number of piperazine rings is 1. The molecule has 0 aliphatic carbocycles. The summed E-state index contributed by atoms with van der Waals surface area (Å²) >= 11 is 0. The molecule has 0 radical (unpaired) electrons. The molecule has 6 nitrogen and oxygen atoms in total. The van der Waals surface area contributed by atoms with Crippen molar-refractivity contribution in [1.82, 2.24) is 14.4 Å². The lowest BCUT2D eigenvalue weighted by Crippen LogP contribution is -2.46. The van der Waals surface area contributed by atoms with Crippen LogP contribution in [-0.2, 0) is 17.8 Å². The molecule has 1 aromatic heterocycles. The van der Waals surface area contributed by atoms with Gasteiger partial charge >= 0.3 is 0 Å². The number of likely N-dealkylation sites (N-methyl/N-ethyl adjacent to an activating group) is 1. The first kappa shape index (κ1) is 16.5. The van der Waals surface area contributed by atoms with Crippen molar-refractivity contribution in [3.8, 4) is 5.75 Å². The van der Waals surface area contributed by atoms with Crippen molar-refractivity contribution < 1.29 is 9.84 Å². The fourth-order valence-electron chi connectivity index (χ4n) is 3.41. The molecular weight excluding hydrogens is 294 g/mol. The SMILES string of the molecule is CCN1CCN(Cc2cc(=O)c(O)cn2CC2CCCO2)CC1. The maximum atomic E-state index is 11.8. The van der Waals surface area contributed by atoms with Crippen LogP contribution in [0.4, 0.5) is 0 Å². The van der Waals surface area contributed by atoms with Gasteiger partial charge in [0.25, 0.3) is 0 Å². The summed E-state index contributed by atoms with van der Waals surface area (Å²) in [7, 11) is 0. The Kier molecular flexibility index (Phi) is 5.35. The molecule has 0 saturated carbocycles. The van der Waals surface area contributed by atoms with E-state index in [0.717, 1.165) is 64.4 Å². The quantitative estimate of drug-likeness (QED) is 0.872. The second kappa shape index (κ2) is 7.47. The van der Waals surface area contributed by atoms with Gasteiger partial charge in [0.2, 0.25) is 5.43 Å². The molecule has 1 N–H and O–H groups in total. The number of aromatic nitrogens is 1. The van der Waals surface area contributed by atoms with Crippen molar-refractivity contribution in [1.29, 1.82) is 0 Å². The monoisotopic (exact) mass is 321 g/mol.